The number of rotatable bonds is 8. The molecule has 96 valence electrons. The summed E-state index contributed by atoms with van der Waals surface area (Å²) in [5.41, 5.74) is 0.810. The molecule has 0 aromatic heterocycles. The van der Waals surface area contributed by atoms with Gasteiger partial charge in [0.25, 0.3) is 0 Å². The largest absolute Gasteiger partial charge is 0.385 e. The fourth-order valence-corrected chi connectivity index (χ4v) is 1.97. The minimum Gasteiger partial charge on any atom is -0.385 e. The molecule has 3 heteroatoms. The molecule has 0 saturated heterocycles. The van der Waals surface area contributed by atoms with Crippen molar-refractivity contribution in [3.8, 4) is 0 Å². The lowest BCUT2D eigenvalue weighted by Crippen LogP contribution is -2.22. The first-order valence-corrected chi connectivity index (χ1v) is 6.23. The van der Waals surface area contributed by atoms with E-state index in [4.69, 9.17) is 4.74 Å². The number of benzene rings is 1. The number of halogens is 1. The maximum absolute atomic E-state index is 13.7. The topological polar surface area (TPSA) is 21.3 Å². The Hall–Kier alpha value is -0.930. The van der Waals surface area contributed by atoms with E-state index in [1.165, 1.54) is 6.07 Å². The predicted octanol–water partition coefficient (Wildman–Crippen LogP) is 2.95. The average Bonchev–Trinajstić information content (AvgIpc) is 2.35. The highest BCUT2D eigenvalue weighted by Gasteiger charge is 2.14. The van der Waals surface area contributed by atoms with E-state index in [0.717, 1.165) is 38.1 Å². The second-order valence-corrected chi connectivity index (χ2v) is 4.16. The van der Waals surface area contributed by atoms with Gasteiger partial charge in [0.15, 0.2) is 0 Å². The van der Waals surface area contributed by atoms with Crippen LogP contribution in [0.4, 0.5) is 4.39 Å². The summed E-state index contributed by atoms with van der Waals surface area (Å²) in [6.45, 7) is 4.53. The van der Waals surface area contributed by atoms with E-state index in [9.17, 15) is 4.39 Å². The Morgan fingerprint density at radius 1 is 1.35 bits per heavy atom. The summed E-state index contributed by atoms with van der Waals surface area (Å²) in [5.74, 6) is 0.124. The minimum absolute atomic E-state index is 0.104. The van der Waals surface area contributed by atoms with Gasteiger partial charge in [0, 0.05) is 20.3 Å². The molecule has 1 atom stereocenters. The molecule has 0 fully saturated rings. The van der Waals surface area contributed by atoms with Gasteiger partial charge >= 0.3 is 0 Å². The van der Waals surface area contributed by atoms with Crippen LogP contribution in [0.5, 0.6) is 0 Å². The number of hydrogen-bond acceptors (Lipinski definition) is 2. The number of hydrogen-bond donors (Lipinski definition) is 1. The highest BCUT2D eigenvalue weighted by molar-refractivity contribution is 5.22. The van der Waals surface area contributed by atoms with Crippen LogP contribution in [0.1, 0.15) is 31.2 Å². The maximum Gasteiger partial charge on any atom is 0.126 e. The Morgan fingerprint density at radius 3 is 2.76 bits per heavy atom. The van der Waals surface area contributed by atoms with E-state index in [0.29, 0.717) is 0 Å². The lowest BCUT2D eigenvalue weighted by molar-refractivity contribution is 0.190. The van der Waals surface area contributed by atoms with Crippen LogP contribution in [0.2, 0.25) is 0 Å². The van der Waals surface area contributed by atoms with Crippen molar-refractivity contribution < 1.29 is 9.13 Å². The van der Waals surface area contributed by atoms with Crippen molar-refractivity contribution in [1.82, 2.24) is 5.32 Å². The molecule has 17 heavy (non-hydrogen) atoms. The minimum atomic E-state index is -0.104. The summed E-state index contributed by atoms with van der Waals surface area (Å²) in [6.07, 6.45) is 1.91. The standard InChI is InChI=1S/C14H22FNO/c1-3-16-11-12(7-6-10-17-2)13-8-4-5-9-14(13)15/h4-5,8-9,12,16H,3,6-7,10-11H2,1-2H3. The van der Waals surface area contributed by atoms with E-state index in [1.807, 2.05) is 12.1 Å². The Balaban J connectivity index is 2.64. The molecule has 0 spiro atoms. The lowest BCUT2D eigenvalue weighted by atomic mass is 9.93. The van der Waals surface area contributed by atoms with Gasteiger partial charge in [0.2, 0.25) is 0 Å². The van der Waals surface area contributed by atoms with E-state index >= 15 is 0 Å². The zero-order valence-corrected chi connectivity index (χ0v) is 10.7. The molecular weight excluding hydrogens is 217 g/mol. The molecule has 0 amide bonds. The van der Waals surface area contributed by atoms with Crippen molar-refractivity contribution in [2.45, 2.75) is 25.7 Å². The molecule has 0 aliphatic heterocycles. The average molecular weight is 239 g/mol. The zero-order chi connectivity index (χ0) is 12.5. The maximum atomic E-state index is 13.7. The van der Waals surface area contributed by atoms with E-state index < -0.39 is 0 Å². The quantitative estimate of drug-likeness (QED) is 0.704. The van der Waals surface area contributed by atoms with Crippen LogP contribution in [-0.2, 0) is 4.74 Å². The third-order valence-electron chi connectivity index (χ3n) is 2.89. The van der Waals surface area contributed by atoms with E-state index in [-0.39, 0.29) is 11.7 Å². The van der Waals surface area contributed by atoms with Gasteiger partial charge in [-0.15, -0.1) is 0 Å². The number of methoxy groups -OCH3 is 1. The Labute approximate surface area is 103 Å². The monoisotopic (exact) mass is 239 g/mol. The number of nitrogens with one attached hydrogen (secondary N) is 1. The second kappa shape index (κ2) is 8.20. The molecule has 0 heterocycles. The van der Waals surface area contributed by atoms with Crippen LogP contribution < -0.4 is 5.32 Å². The number of ether oxygens (including phenoxy) is 1. The highest BCUT2D eigenvalue weighted by atomic mass is 19.1. The molecule has 0 bridgehead atoms. The van der Waals surface area contributed by atoms with E-state index in [2.05, 4.69) is 12.2 Å². The zero-order valence-electron chi connectivity index (χ0n) is 10.7. The van der Waals surface area contributed by atoms with Crippen molar-refractivity contribution in [2.24, 2.45) is 0 Å². The molecule has 1 aromatic rings. The third kappa shape index (κ3) is 4.84. The fraction of sp³-hybridized carbons (Fsp3) is 0.571. The van der Waals surface area contributed by atoms with Gasteiger partial charge in [-0.1, -0.05) is 25.1 Å². The third-order valence-corrected chi connectivity index (χ3v) is 2.89. The second-order valence-electron chi connectivity index (χ2n) is 4.16. The van der Waals surface area contributed by atoms with Gasteiger partial charge in [-0.3, -0.25) is 0 Å². The lowest BCUT2D eigenvalue weighted by Gasteiger charge is -2.18. The van der Waals surface area contributed by atoms with Gasteiger partial charge in [-0.25, -0.2) is 4.39 Å². The normalized spacial score (nSPS) is 12.6. The first kappa shape index (κ1) is 14.1. The highest BCUT2D eigenvalue weighted by Crippen LogP contribution is 2.23. The van der Waals surface area contributed by atoms with Crippen molar-refractivity contribution in [3.05, 3.63) is 35.6 Å². The molecular formula is C14H22FNO. The fourth-order valence-electron chi connectivity index (χ4n) is 1.97. The molecule has 0 radical (unpaired) electrons. The van der Waals surface area contributed by atoms with Crippen molar-refractivity contribution in [3.63, 3.8) is 0 Å². The van der Waals surface area contributed by atoms with Crippen molar-refractivity contribution in [1.29, 1.82) is 0 Å². The van der Waals surface area contributed by atoms with E-state index in [1.54, 1.807) is 13.2 Å². The predicted molar refractivity (Wildman–Crippen MR) is 68.8 cm³/mol. The Kier molecular flexibility index (Phi) is 6.82. The summed E-state index contributed by atoms with van der Waals surface area (Å²) in [5, 5.41) is 3.29. The molecule has 0 aliphatic rings. The van der Waals surface area contributed by atoms with Gasteiger partial charge in [-0.2, -0.15) is 0 Å². The molecule has 2 nitrogen and oxygen atoms in total. The SMILES string of the molecule is CCNCC(CCCOC)c1ccccc1F. The molecule has 1 unspecified atom stereocenters. The summed E-state index contributed by atoms with van der Waals surface area (Å²) < 4.78 is 18.8. The van der Waals surface area contributed by atoms with Gasteiger partial charge < -0.3 is 10.1 Å². The van der Waals surface area contributed by atoms with Gasteiger partial charge in [0.1, 0.15) is 5.82 Å². The van der Waals surface area contributed by atoms with Crippen LogP contribution in [0.15, 0.2) is 24.3 Å². The molecule has 0 saturated carbocycles. The summed E-state index contributed by atoms with van der Waals surface area (Å²) >= 11 is 0. The summed E-state index contributed by atoms with van der Waals surface area (Å²) in [6, 6.07) is 7.04. The molecule has 1 rings (SSSR count). The van der Waals surface area contributed by atoms with Crippen LogP contribution in [0.25, 0.3) is 0 Å². The van der Waals surface area contributed by atoms with Crippen LogP contribution in [0.3, 0.4) is 0 Å². The van der Waals surface area contributed by atoms with Crippen LogP contribution in [0, 0.1) is 5.82 Å². The van der Waals surface area contributed by atoms with Crippen molar-refractivity contribution in [2.75, 3.05) is 26.8 Å². The first-order valence-electron chi connectivity index (χ1n) is 6.23. The molecule has 1 aromatic carbocycles. The summed E-state index contributed by atoms with van der Waals surface area (Å²) in [4.78, 5) is 0. The van der Waals surface area contributed by atoms with Gasteiger partial charge in [-0.05, 0) is 36.9 Å². The Morgan fingerprint density at radius 2 is 2.12 bits per heavy atom. The van der Waals surface area contributed by atoms with Crippen molar-refractivity contribution >= 4 is 0 Å². The molecule has 1 N–H and O–H groups in total. The van der Waals surface area contributed by atoms with Crippen LogP contribution in [-0.4, -0.2) is 26.8 Å². The first-order chi connectivity index (χ1) is 8.29. The molecule has 0 aliphatic carbocycles. The van der Waals surface area contributed by atoms with Gasteiger partial charge in [0.05, 0.1) is 0 Å². The number of likely N-dealkylation sites (N-methyl/N-ethyl adjacent to an activating group) is 1. The smallest absolute Gasteiger partial charge is 0.126 e. The Bertz CT molecular complexity index is 317. The summed E-state index contributed by atoms with van der Waals surface area (Å²) in [7, 11) is 1.70. The van der Waals surface area contributed by atoms with Crippen LogP contribution >= 0.6 is 0 Å².